The van der Waals surface area contributed by atoms with E-state index >= 15 is 0 Å². The van der Waals surface area contributed by atoms with Crippen LogP contribution in [0.15, 0.2) is 30.5 Å². The molecule has 0 bridgehead atoms. The van der Waals surface area contributed by atoms with Crippen molar-refractivity contribution >= 4 is 10.9 Å². The van der Waals surface area contributed by atoms with Crippen LogP contribution in [0, 0.1) is 5.92 Å². The van der Waals surface area contributed by atoms with Crippen molar-refractivity contribution in [1.82, 2.24) is 10.3 Å². The van der Waals surface area contributed by atoms with Crippen molar-refractivity contribution in [3.8, 4) is 0 Å². The van der Waals surface area contributed by atoms with Crippen molar-refractivity contribution < 1.29 is 0 Å². The van der Waals surface area contributed by atoms with Crippen LogP contribution in [0.3, 0.4) is 0 Å². The van der Waals surface area contributed by atoms with E-state index in [1.807, 2.05) is 0 Å². The molecule has 0 fully saturated rings. The van der Waals surface area contributed by atoms with Gasteiger partial charge < -0.3 is 16.0 Å². The number of H-pyrrole nitrogens is 1. The third kappa shape index (κ3) is 3.08. The van der Waals surface area contributed by atoms with Gasteiger partial charge in [0.25, 0.3) is 0 Å². The maximum Gasteiger partial charge on any atom is 0.0457 e. The predicted octanol–water partition coefficient (Wildman–Crippen LogP) is 2.24. The Morgan fingerprint density at radius 3 is 3.00 bits per heavy atom. The van der Waals surface area contributed by atoms with Crippen molar-refractivity contribution in [2.24, 2.45) is 11.7 Å². The number of hydrogen-bond donors (Lipinski definition) is 3. The largest absolute Gasteiger partial charge is 0.361 e. The van der Waals surface area contributed by atoms with E-state index in [0.29, 0.717) is 5.92 Å². The highest BCUT2D eigenvalue weighted by atomic mass is 14.9. The number of benzene rings is 1. The van der Waals surface area contributed by atoms with Gasteiger partial charge in [-0.3, -0.25) is 0 Å². The third-order valence-corrected chi connectivity index (χ3v) is 3.21. The Morgan fingerprint density at radius 1 is 1.35 bits per heavy atom. The van der Waals surface area contributed by atoms with Crippen LogP contribution in [0.1, 0.15) is 18.9 Å². The second-order valence-electron chi connectivity index (χ2n) is 4.67. The Hall–Kier alpha value is -1.32. The van der Waals surface area contributed by atoms with Crippen molar-refractivity contribution in [3.05, 3.63) is 36.0 Å². The van der Waals surface area contributed by atoms with Gasteiger partial charge in [0.05, 0.1) is 0 Å². The molecule has 2 aromatic rings. The molecule has 3 heteroatoms. The molecule has 0 radical (unpaired) electrons. The van der Waals surface area contributed by atoms with E-state index in [1.54, 1.807) is 0 Å². The van der Waals surface area contributed by atoms with Crippen LogP contribution in [0.4, 0.5) is 0 Å². The maximum atomic E-state index is 5.59. The van der Waals surface area contributed by atoms with Gasteiger partial charge in [-0.2, -0.15) is 0 Å². The first-order valence-electron chi connectivity index (χ1n) is 6.27. The molecule has 4 N–H and O–H groups in total. The summed E-state index contributed by atoms with van der Waals surface area (Å²) in [5.41, 5.74) is 8.13. The van der Waals surface area contributed by atoms with Crippen LogP contribution in [-0.4, -0.2) is 18.1 Å². The highest BCUT2D eigenvalue weighted by Crippen LogP contribution is 2.17. The summed E-state index contributed by atoms with van der Waals surface area (Å²) in [6, 6.07) is 8.40. The van der Waals surface area contributed by atoms with Gasteiger partial charge in [0.1, 0.15) is 0 Å². The molecule has 0 saturated heterocycles. The lowest BCUT2D eigenvalue weighted by Crippen LogP contribution is -2.20. The molecule has 1 aromatic heterocycles. The summed E-state index contributed by atoms with van der Waals surface area (Å²) in [6.45, 7) is 4.90. The fraction of sp³-hybridized carbons (Fsp3) is 0.429. The summed E-state index contributed by atoms with van der Waals surface area (Å²) in [6.07, 6.45) is 3.23. The van der Waals surface area contributed by atoms with Gasteiger partial charge in [-0.1, -0.05) is 25.1 Å². The summed E-state index contributed by atoms with van der Waals surface area (Å²) < 4.78 is 0. The lowest BCUT2D eigenvalue weighted by atomic mass is 10.1. The Balaban J connectivity index is 1.87. The zero-order chi connectivity index (χ0) is 12.1. The second kappa shape index (κ2) is 5.84. The topological polar surface area (TPSA) is 53.8 Å². The Kier molecular flexibility index (Phi) is 4.18. The van der Waals surface area contributed by atoms with Gasteiger partial charge in [0, 0.05) is 23.6 Å². The summed E-state index contributed by atoms with van der Waals surface area (Å²) >= 11 is 0. The van der Waals surface area contributed by atoms with Crippen molar-refractivity contribution in [1.29, 1.82) is 0 Å². The minimum Gasteiger partial charge on any atom is -0.361 e. The summed E-state index contributed by atoms with van der Waals surface area (Å²) in [5, 5.41) is 4.78. The number of nitrogens with two attached hydrogens (primary N) is 1. The molecular weight excluding hydrogens is 210 g/mol. The van der Waals surface area contributed by atoms with Crippen LogP contribution < -0.4 is 11.1 Å². The average molecular weight is 231 g/mol. The van der Waals surface area contributed by atoms with E-state index < -0.39 is 0 Å². The van der Waals surface area contributed by atoms with E-state index in [-0.39, 0.29) is 0 Å². The monoisotopic (exact) mass is 231 g/mol. The molecule has 1 aromatic carbocycles. The van der Waals surface area contributed by atoms with E-state index in [2.05, 4.69) is 47.7 Å². The standard InChI is InChI=1S/C14H21N3/c1-11(8-15)6-7-16-9-12-10-17-14-5-3-2-4-13(12)14/h2-5,10-11,16-17H,6-9,15H2,1H3. The maximum absolute atomic E-state index is 5.59. The number of rotatable bonds is 6. The molecule has 2 rings (SSSR count). The van der Waals surface area contributed by atoms with Crippen LogP contribution in [0.25, 0.3) is 10.9 Å². The first-order valence-corrected chi connectivity index (χ1v) is 6.27. The first-order chi connectivity index (χ1) is 8.31. The van der Waals surface area contributed by atoms with Crippen LogP contribution in [0.2, 0.25) is 0 Å². The van der Waals surface area contributed by atoms with Crippen molar-refractivity contribution in [2.45, 2.75) is 19.9 Å². The van der Waals surface area contributed by atoms with E-state index in [9.17, 15) is 0 Å². The zero-order valence-corrected chi connectivity index (χ0v) is 10.4. The Labute approximate surface area is 102 Å². The van der Waals surface area contributed by atoms with Gasteiger partial charge in [-0.05, 0) is 37.1 Å². The number of para-hydroxylation sites is 1. The zero-order valence-electron chi connectivity index (χ0n) is 10.4. The van der Waals surface area contributed by atoms with Crippen LogP contribution in [-0.2, 0) is 6.54 Å². The highest BCUT2D eigenvalue weighted by Gasteiger charge is 2.02. The molecule has 0 aliphatic heterocycles. The van der Waals surface area contributed by atoms with Gasteiger partial charge in [-0.15, -0.1) is 0 Å². The van der Waals surface area contributed by atoms with Crippen LogP contribution in [0.5, 0.6) is 0 Å². The molecule has 0 spiro atoms. The normalized spacial score (nSPS) is 13.1. The van der Waals surface area contributed by atoms with E-state index in [4.69, 9.17) is 5.73 Å². The molecule has 0 aliphatic rings. The van der Waals surface area contributed by atoms with Gasteiger partial charge in [0.15, 0.2) is 0 Å². The predicted molar refractivity (Wildman–Crippen MR) is 72.8 cm³/mol. The van der Waals surface area contributed by atoms with Crippen molar-refractivity contribution in [3.63, 3.8) is 0 Å². The molecule has 0 amide bonds. The first kappa shape index (κ1) is 12.1. The van der Waals surface area contributed by atoms with Crippen LogP contribution >= 0.6 is 0 Å². The Morgan fingerprint density at radius 2 is 2.18 bits per heavy atom. The highest BCUT2D eigenvalue weighted by molar-refractivity contribution is 5.82. The molecule has 0 saturated carbocycles. The third-order valence-electron chi connectivity index (χ3n) is 3.21. The number of hydrogen-bond acceptors (Lipinski definition) is 2. The molecule has 1 heterocycles. The number of nitrogens with one attached hydrogen (secondary N) is 2. The summed E-state index contributed by atoms with van der Waals surface area (Å²) in [7, 11) is 0. The molecule has 0 aliphatic carbocycles. The number of aromatic amines is 1. The minimum absolute atomic E-state index is 0.602. The quantitative estimate of drug-likeness (QED) is 0.668. The van der Waals surface area contributed by atoms with Gasteiger partial charge in [-0.25, -0.2) is 0 Å². The molecule has 1 unspecified atom stereocenters. The smallest absolute Gasteiger partial charge is 0.0457 e. The van der Waals surface area contributed by atoms with E-state index in [0.717, 1.165) is 26.1 Å². The number of fused-ring (bicyclic) bond motifs is 1. The molecule has 3 nitrogen and oxygen atoms in total. The Bertz CT molecular complexity index is 461. The fourth-order valence-electron chi connectivity index (χ4n) is 1.97. The SMILES string of the molecule is CC(CN)CCNCc1c[nH]c2ccccc12. The molecular formula is C14H21N3. The van der Waals surface area contributed by atoms with Gasteiger partial charge in [0.2, 0.25) is 0 Å². The van der Waals surface area contributed by atoms with E-state index in [1.165, 1.54) is 16.5 Å². The second-order valence-corrected chi connectivity index (χ2v) is 4.67. The average Bonchev–Trinajstić information content (AvgIpc) is 2.78. The minimum atomic E-state index is 0.602. The van der Waals surface area contributed by atoms with Gasteiger partial charge >= 0.3 is 0 Å². The number of aromatic nitrogens is 1. The fourth-order valence-corrected chi connectivity index (χ4v) is 1.97. The van der Waals surface area contributed by atoms with Crippen molar-refractivity contribution in [2.75, 3.05) is 13.1 Å². The summed E-state index contributed by atoms with van der Waals surface area (Å²) in [4.78, 5) is 3.29. The lowest BCUT2D eigenvalue weighted by Gasteiger charge is -2.08. The molecule has 17 heavy (non-hydrogen) atoms. The molecule has 92 valence electrons. The molecule has 1 atom stereocenters. The summed E-state index contributed by atoms with van der Waals surface area (Å²) in [5.74, 6) is 0.602. The lowest BCUT2D eigenvalue weighted by molar-refractivity contribution is 0.510.